The molecule has 0 aromatic heterocycles. The molecule has 0 bridgehead atoms. The van der Waals surface area contributed by atoms with E-state index in [2.05, 4.69) is 18.7 Å². The monoisotopic (exact) mass is 291 g/mol. The summed E-state index contributed by atoms with van der Waals surface area (Å²) >= 11 is 0. The Balaban J connectivity index is 2.03. The van der Waals surface area contributed by atoms with Gasteiger partial charge in [0.15, 0.2) is 0 Å². The van der Waals surface area contributed by atoms with Crippen molar-refractivity contribution in [3.63, 3.8) is 0 Å². The van der Waals surface area contributed by atoms with Gasteiger partial charge in [0.25, 0.3) is 0 Å². The second-order valence-corrected chi connectivity index (χ2v) is 5.49. The van der Waals surface area contributed by atoms with Crippen molar-refractivity contribution in [2.75, 3.05) is 13.1 Å². The second-order valence-electron chi connectivity index (χ2n) is 5.49. The number of nitrogens with zero attached hydrogens (tertiary/aromatic N) is 1. The minimum absolute atomic E-state index is 0.106. The summed E-state index contributed by atoms with van der Waals surface area (Å²) in [7, 11) is 0. The number of benzene rings is 1. The molecule has 1 unspecified atom stereocenters. The standard InChI is InChI=1S/C16H21NO4/c1-11(2)17-9-8-13(10-17)21-16(19)14-6-4-5-7-15(14)20-12(3)18/h4-7,11,13H,8-10H2,1-3H3. The molecule has 1 fully saturated rings. The lowest BCUT2D eigenvalue weighted by Crippen LogP contribution is -2.30. The number of hydrogen-bond acceptors (Lipinski definition) is 5. The molecule has 1 atom stereocenters. The highest BCUT2D eigenvalue weighted by Crippen LogP contribution is 2.22. The second kappa shape index (κ2) is 6.72. The Morgan fingerprint density at radius 2 is 2.00 bits per heavy atom. The molecule has 5 heteroatoms. The van der Waals surface area contributed by atoms with Gasteiger partial charge in [0.05, 0.1) is 0 Å². The Morgan fingerprint density at radius 1 is 1.29 bits per heavy atom. The van der Waals surface area contributed by atoms with Crippen molar-refractivity contribution in [1.82, 2.24) is 4.90 Å². The van der Waals surface area contributed by atoms with Crippen molar-refractivity contribution in [2.45, 2.75) is 39.3 Å². The van der Waals surface area contributed by atoms with Crippen LogP contribution in [0.4, 0.5) is 0 Å². The summed E-state index contributed by atoms with van der Waals surface area (Å²) < 4.78 is 10.6. The topological polar surface area (TPSA) is 55.8 Å². The molecule has 114 valence electrons. The zero-order valence-electron chi connectivity index (χ0n) is 12.7. The zero-order chi connectivity index (χ0) is 15.4. The maximum Gasteiger partial charge on any atom is 0.342 e. The van der Waals surface area contributed by atoms with Crippen LogP contribution >= 0.6 is 0 Å². The lowest BCUT2D eigenvalue weighted by Gasteiger charge is -2.20. The number of hydrogen-bond donors (Lipinski definition) is 0. The van der Waals surface area contributed by atoms with Gasteiger partial charge in [-0.1, -0.05) is 12.1 Å². The highest BCUT2D eigenvalue weighted by molar-refractivity contribution is 5.93. The number of carbonyl (C=O) groups is 2. The Kier molecular flexibility index (Phi) is 4.96. The largest absolute Gasteiger partial charge is 0.457 e. The Bertz CT molecular complexity index is 527. The number of carbonyl (C=O) groups excluding carboxylic acids is 2. The predicted molar refractivity (Wildman–Crippen MR) is 78.3 cm³/mol. The van der Waals surface area contributed by atoms with Crippen LogP contribution in [0.25, 0.3) is 0 Å². The highest BCUT2D eigenvalue weighted by Gasteiger charge is 2.28. The summed E-state index contributed by atoms with van der Waals surface area (Å²) in [5.74, 6) is -0.654. The summed E-state index contributed by atoms with van der Waals surface area (Å²) in [6, 6.07) is 7.08. The lowest BCUT2D eigenvalue weighted by atomic mass is 10.2. The molecule has 1 aliphatic heterocycles. The maximum atomic E-state index is 12.2. The molecule has 1 aromatic carbocycles. The Hall–Kier alpha value is -1.88. The predicted octanol–water partition coefficient (Wildman–Crippen LogP) is 2.25. The Morgan fingerprint density at radius 3 is 2.62 bits per heavy atom. The van der Waals surface area contributed by atoms with E-state index in [-0.39, 0.29) is 17.4 Å². The zero-order valence-corrected chi connectivity index (χ0v) is 12.7. The van der Waals surface area contributed by atoms with E-state index in [4.69, 9.17) is 9.47 Å². The lowest BCUT2D eigenvalue weighted by molar-refractivity contribution is -0.131. The van der Waals surface area contributed by atoms with Gasteiger partial charge in [-0.2, -0.15) is 0 Å². The molecule has 1 aliphatic rings. The van der Waals surface area contributed by atoms with Gasteiger partial charge in [0.1, 0.15) is 17.4 Å². The molecule has 21 heavy (non-hydrogen) atoms. The maximum absolute atomic E-state index is 12.2. The van der Waals surface area contributed by atoms with Crippen molar-refractivity contribution >= 4 is 11.9 Å². The molecule has 0 radical (unpaired) electrons. The molecule has 0 spiro atoms. The summed E-state index contributed by atoms with van der Waals surface area (Å²) in [5.41, 5.74) is 0.288. The highest BCUT2D eigenvalue weighted by atomic mass is 16.6. The molecule has 0 N–H and O–H groups in total. The summed E-state index contributed by atoms with van der Waals surface area (Å²) in [5, 5.41) is 0. The number of esters is 2. The van der Waals surface area contributed by atoms with Crippen molar-refractivity contribution in [3.05, 3.63) is 29.8 Å². The third-order valence-corrected chi connectivity index (χ3v) is 3.54. The molecule has 0 aliphatic carbocycles. The number of ether oxygens (including phenoxy) is 2. The van der Waals surface area contributed by atoms with Gasteiger partial charge >= 0.3 is 11.9 Å². The molecule has 0 amide bonds. The van der Waals surface area contributed by atoms with E-state index in [0.29, 0.717) is 6.04 Å². The SMILES string of the molecule is CC(=O)Oc1ccccc1C(=O)OC1CCN(C(C)C)C1. The first-order valence-electron chi connectivity index (χ1n) is 7.20. The first kappa shape index (κ1) is 15.5. The molecular weight excluding hydrogens is 270 g/mol. The van der Waals surface area contributed by atoms with Gasteiger partial charge in [-0.15, -0.1) is 0 Å². The molecule has 1 aromatic rings. The molecule has 0 saturated carbocycles. The van der Waals surface area contributed by atoms with Crippen LogP contribution in [0.1, 0.15) is 37.6 Å². The van der Waals surface area contributed by atoms with Gasteiger partial charge < -0.3 is 9.47 Å². The molecule has 5 nitrogen and oxygen atoms in total. The van der Waals surface area contributed by atoms with Crippen LogP contribution in [0.5, 0.6) is 5.75 Å². The first-order chi connectivity index (χ1) is 9.97. The van der Waals surface area contributed by atoms with Gasteiger partial charge in [-0.05, 0) is 32.4 Å². The van der Waals surface area contributed by atoms with E-state index in [1.54, 1.807) is 24.3 Å². The van der Waals surface area contributed by atoms with Crippen LogP contribution in [0.15, 0.2) is 24.3 Å². The molecule has 1 saturated heterocycles. The van der Waals surface area contributed by atoms with E-state index in [1.165, 1.54) is 6.92 Å². The summed E-state index contributed by atoms with van der Waals surface area (Å²) in [6.45, 7) is 7.24. The van der Waals surface area contributed by atoms with Crippen LogP contribution in [0.2, 0.25) is 0 Å². The fraction of sp³-hybridized carbons (Fsp3) is 0.500. The average Bonchev–Trinajstić information content (AvgIpc) is 2.87. The smallest absolute Gasteiger partial charge is 0.342 e. The molecule has 2 rings (SSSR count). The van der Waals surface area contributed by atoms with Crippen LogP contribution < -0.4 is 4.74 Å². The fourth-order valence-corrected chi connectivity index (χ4v) is 2.41. The number of rotatable bonds is 4. The van der Waals surface area contributed by atoms with E-state index >= 15 is 0 Å². The minimum Gasteiger partial charge on any atom is -0.457 e. The quantitative estimate of drug-likeness (QED) is 0.629. The summed E-state index contributed by atoms with van der Waals surface area (Å²) in [4.78, 5) is 25.6. The van der Waals surface area contributed by atoms with Crippen LogP contribution in [-0.4, -0.2) is 42.1 Å². The van der Waals surface area contributed by atoms with Crippen LogP contribution in [-0.2, 0) is 9.53 Å². The van der Waals surface area contributed by atoms with Gasteiger partial charge in [-0.25, -0.2) is 4.79 Å². The van der Waals surface area contributed by atoms with Crippen LogP contribution in [0, 0.1) is 0 Å². The van der Waals surface area contributed by atoms with Crippen molar-refractivity contribution in [3.8, 4) is 5.75 Å². The first-order valence-corrected chi connectivity index (χ1v) is 7.20. The van der Waals surface area contributed by atoms with E-state index in [0.717, 1.165) is 19.5 Å². The van der Waals surface area contributed by atoms with E-state index in [9.17, 15) is 9.59 Å². The third-order valence-electron chi connectivity index (χ3n) is 3.54. The van der Waals surface area contributed by atoms with Crippen molar-refractivity contribution in [1.29, 1.82) is 0 Å². The normalized spacial score (nSPS) is 18.8. The van der Waals surface area contributed by atoms with E-state index in [1.807, 2.05) is 0 Å². The van der Waals surface area contributed by atoms with Gasteiger partial charge in [-0.3, -0.25) is 9.69 Å². The van der Waals surface area contributed by atoms with Gasteiger partial charge in [0.2, 0.25) is 0 Å². The fourth-order valence-electron chi connectivity index (χ4n) is 2.41. The number of para-hydroxylation sites is 1. The van der Waals surface area contributed by atoms with Crippen LogP contribution in [0.3, 0.4) is 0 Å². The Labute approximate surface area is 124 Å². The van der Waals surface area contributed by atoms with Crippen molar-refractivity contribution in [2.24, 2.45) is 0 Å². The minimum atomic E-state index is -0.456. The van der Waals surface area contributed by atoms with E-state index < -0.39 is 11.9 Å². The average molecular weight is 291 g/mol. The third kappa shape index (κ3) is 4.04. The molecule has 1 heterocycles. The molecular formula is C16H21NO4. The van der Waals surface area contributed by atoms with Gasteiger partial charge in [0, 0.05) is 26.1 Å². The summed E-state index contributed by atoms with van der Waals surface area (Å²) in [6.07, 6.45) is 0.727. The van der Waals surface area contributed by atoms with Crippen molar-refractivity contribution < 1.29 is 19.1 Å². The number of likely N-dealkylation sites (tertiary alicyclic amines) is 1.